The fraction of sp³-hybridized carbons (Fsp3) is 0.118. The Bertz CT molecular complexity index is 632. The minimum atomic E-state index is 0.307. The van der Waals surface area contributed by atoms with E-state index in [9.17, 15) is 0 Å². The van der Waals surface area contributed by atoms with E-state index in [4.69, 9.17) is 5.26 Å². The lowest BCUT2D eigenvalue weighted by atomic mass is 9.79. The monoisotopic (exact) mass is 231 g/mol. The Labute approximate surface area is 107 Å². The lowest BCUT2D eigenvalue weighted by molar-refractivity contribution is 0.800. The third-order valence-corrected chi connectivity index (χ3v) is 3.47. The quantitative estimate of drug-likeness (QED) is 0.724. The second kappa shape index (κ2) is 4.50. The van der Waals surface area contributed by atoms with Gasteiger partial charge in [0.15, 0.2) is 0 Å². The molecule has 0 bridgehead atoms. The molecule has 18 heavy (non-hydrogen) atoms. The summed E-state index contributed by atoms with van der Waals surface area (Å²) in [4.78, 5) is 0. The predicted octanol–water partition coefficient (Wildman–Crippen LogP) is 4.13. The minimum absolute atomic E-state index is 0.307. The van der Waals surface area contributed by atoms with Crippen LogP contribution in [0.2, 0.25) is 0 Å². The van der Waals surface area contributed by atoms with Crippen LogP contribution in [0.15, 0.2) is 60.2 Å². The van der Waals surface area contributed by atoms with Crippen molar-refractivity contribution in [1.29, 1.82) is 5.26 Å². The van der Waals surface area contributed by atoms with Crippen molar-refractivity contribution >= 4 is 6.08 Å². The fourth-order valence-corrected chi connectivity index (χ4v) is 2.60. The Morgan fingerprint density at radius 1 is 0.944 bits per heavy atom. The van der Waals surface area contributed by atoms with Crippen molar-refractivity contribution in [2.45, 2.75) is 12.3 Å². The Balaban J connectivity index is 2.13. The van der Waals surface area contributed by atoms with Gasteiger partial charge in [-0.1, -0.05) is 54.6 Å². The number of hydrogen-bond acceptors (Lipinski definition) is 1. The highest BCUT2D eigenvalue weighted by Crippen LogP contribution is 2.37. The molecule has 0 aliphatic heterocycles. The topological polar surface area (TPSA) is 23.8 Å². The summed E-state index contributed by atoms with van der Waals surface area (Å²) in [5.74, 6) is 0.307. The van der Waals surface area contributed by atoms with Gasteiger partial charge in [0.2, 0.25) is 0 Å². The van der Waals surface area contributed by atoms with Crippen molar-refractivity contribution in [3.63, 3.8) is 0 Å². The van der Waals surface area contributed by atoms with Gasteiger partial charge in [-0.3, -0.25) is 0 Å². The first-order chi connectivity index (χ1) is 8.88. The SMILES string of the molecule is N#CC1=Cc2ccccc2[C@H](c2ccccc2)C1. The molecular formula is C17H13N. The van der Waals surface area contributed by atoms with Crippen LogP contribution >= 0.6 is 0 Å². The van der Waals surface area contributed by atoms with E-state index in [0.29, 0.717) is 5.92 Å². The van der Waals surface area contributed by atoms with E-state index in [-0.39, 0.29) is 0 Å². The number of nitrogens with zero attached hydrogens (tertiary/aromatic N) is 1. The van der Waals surface area contributed by atoms with Crippen LogP contribution in [0.4, 0.5) is 0 Å². The predicted molar refractivity (Wildman–Crippen MR) is 72.9 cm³/mol. The zero-order valence-corrected chi connectivity index (χ0v) is 10.0. The lowest BCUT2D eigenvalue weighted by Crippen LogP contribution is -2.08. The number of nitriles is 1. The van der Waals surface area contributed by atoms with Crippen LogP contribution < -0.4 is 0 Å². The highest BCUT2D eigenvalue weighted by Gasteiger charge is 2.22. The van der Waals surface area contributed by atoms with E-state index >= 15 is 0 Å². The maximum absolute atomic E-state index is 9.16. The highest BCUT2D eigenvalue weighted by molar-refractivity contribution is 5.65. The molecule has 0 N–H and O–H groups in total. The summed E-state index contributed by atoms with van der Waals surface area (Å²) < 4.78 is 0. The summed E-state index contributed by atoms with van der Waals surface area (Å²) in [6.07, 6.45) is 2.81. The lowest BCUT2D eigenvalue weighted by Gasteiger charge is -2.23. The van der Waals surface area contributed by atoms with Gasteiger partial charge in [0.25, 0.3) is 0 Å². The molecule has 1 heteroatoms. The van der Waals surface area contributed by atoms with Crippen molar-refractivity contribution in [2.24, 2.45) is 0 Å². The Morgan fingerprint density at radius 3 is 2.44 bits per heavy atom. The largest absolute Gasteiger partial charge is 0.193 e. The van der Waals surface area contributed by atoms with Gasteiger partial charge < -0.3 is 0 Å². The van der Waals surface area contributed by atoms with Crippen LogP contribution in [0.25, 0.3) is 6.08 Å². The molecule has 1 atom stereocenters. The van der Waals surface area contributed by atoms with Crippen LogP contribution in [0.5, 0.6) is 0 Å². The Morgan fingerprint density at radius 2 is 1.67 bits per heavy atom. The van der Waals surface area contributed by atoms with Crippen molar-refractivity contribution in [1.82, 2.24) is 0 Å². The highest BCUT2D eigenvalue weighted by atomic mass is 14.3. The van der Waals surface area contributed by atoms with Crippen LogP contribution in [0.1, 0.15) is 29.0 Å². The van der Waals surface area contributed by atoms with E-state index in [1.807, 2.05) is 18.2 Å². The average molecular weight is 231 g/mol. The normalized spacial score (nSPS) is 17.5. The molecule has 0 amide bonds. The van der Waals surface area contributed by atoms with E-state index in [1.165, 1.54) is 16.7 Å². The summed E-state index contributed by atoms with van der Waals surface area (Å²) in [5, 5.41) is 9.16. The second-order valence-electron chi connectivity index (χ2n) is 4.58. The molecule has 0 saturated carbocycles. The molecule has 1 aliphatic rings. The zero-order valence-electron chi connectivity index (χ0n) is 10.0. The number of hydrogen-bond donors (Lipinski definition) is 0. The maximum atomic E-state index is 9.16. The third kappa shape index (κ3) is 1.83. The summed E-state index contributed by atoms with van der Waals surface area (Å²) in [7, 11) is 0. The van der Waals surface area contributed by atoms with Crippen LogP contribution in [0.3, 0.4) is 0 Å². The number of rotatable bonds is 1. The van der Waals surface area contributed by atoms with Crippen LogP contribution in [-0.4, -0.2) is 0 Å². The van der Waals surface area contributed by atoms with Gasteiger partial charge in [-0.05, 0) is 29.2 Å². The minimum Gasteiger partial charge on any atom is -0.193 e. The number of benzene rings is 2. The molecule has 1 aliphatic carbocycles. The number of fused-ring (bicyclic) bond motifs is 1. The fourth-order valence-electron chi connectivity index (χ4n) is 2.60. The molecule has 0 saturated heterocycles. The van der Waals surface area contributed by atoms with Gasteiger partial charge in [-0.2, -0.15) is 5.26 Å². The Kier molecular flexibility index (Phi) is 2.70. The summed E-state index contributed by atoms with van der Waals surface area (Å²) in [6, 6.07) is 21.1. The average Bonchev–Trinajstić information content (AvgIpc) is 2.47. The molecule has 0 unspecified atom stereocenters. The molecule has 0 radical (unpaired) electrons. The molecule has 2 aromatic carbocycles. The second-order valence-corrected chi connectivity index (χ2v) is 4.58. The molecule has 0 heterocycles. The summed E-state index contributed by atoms with van der Waals surface area (Å²) in [6.45, 7) is 0. The van der Waals surface area contributed by atoms with Gasteiger partial charge in [0.05, 0.1) is 6.07 Å². The van der Waals surface area contributed by atoms with Crippen molar-refractivity contribution < 1.29 is 0 Å². The molecule has 0 aromatic heterocycles. The van der Waals surface area contributed by atoms with Crippen LogP contribution in [0, 0.1) is 11.3 Å². The van der Waals surface area contributed by atoms with Gasteiger partial charge in [0, 0.05) is 11.5 Å². The first-order valence-electron chi connectivity index (χ1n) is 6.13. The molecule has 1 nitrogen and oxygen atoms in total. The van der Waals surface area contributed by atoms with E-state index in [1.54, 1.807) is 0 Å². The zero-order chi connectivity index (χ0) is 12.4. The number of allylic oxidation sites excluding steroid dienone is 1. The van der Waals surface area contributed by atoms with Crippen molar-refractivity contribution in [3.05, 3.63) is 76.9 Å². The van der Waals surface area contributed by atoms with Gasteiger partial charge >= 0.3 is 0 Å². The van der Waals surface area contributed by atoms with Crippen molar-refractivity contribution in [2.75, 3.05) is 0 Å². The van der Waals surface area contributed by atoms with Crippen molar-refractivity contribution in [3.8, 4) is 6.07 Å². The molecular weight excluding hydrogens is 218 g/mol. The van der Waals surface area contributed by atoms with Gasteiger partial charge in [-0.25, -0.2) is 0 Å². The third-order valence-electron chi connectivity index (χ3n) is 3.47. The molecule has 0 spiro atoms. The van der Waals surface area contributed by atoms with E-state index < -0.39 is 0 Å². The summed E-state index contributed by atoms with van der Waals surface area (Å²) >= 11 is 0. The summed E-state index contributed by atoms with van der Waals surface area (Å²) in [5.41, 5.74) is 4.64. The first kappa shape index (κ1) is 10.8. The molecule has 3 rings (SSSR count). The standard InChI is InChI=1S/C17H13N/c18-12-13-10-15-8-4-5-9-16(15)17(11-13)14-6-2-1-3-7-14/h1-10,17H,11H2/t17-/m0/s1. The maximum Gasteiger partial charge on any atom is 0.0947 e. The van der Waals surface area contributed by atoms with E-state index in [2.05, 4.69) is 48.5 Å². The van der Waals surface area contributed by atoms with Gasteiger partial charge in [0.1, 0.15) is 0 Å². The Hall–Kier alpha value is -2.33. The van der Waals surface area contributed by atoms with Gasteiger partial charge in [-0.15, -0.1) is 0 Å². The van der Waals surface area contributed by atoms with Crippen LogP contribution in [-0.2, 0) is 0 Å². The smallest absolute Gasteiger partial charge is 0.0947 e. The molecule has 0 fully saturated rings. The molecule has 86 valence electrons. The van der Waals surface area contributed by atoms with E-state index in [0.717, 1.165) is 12.0 Å². The first-order valence-corrected chi connectivity index (χ1v) is 6.13. The molecule has 2 aromatic rings.